The molecule has 0 aliphatic heterocycles. The number of carbonyl (C=O) groups is 1. The van der Waals surface area contributed by atoms with Gasteiger partial charge in [-0.2, -0.15) is 0 Å². The summed E-state index contributed by atoms with van der Waals surface area (Å²) >= 11 is 0. The minimum absolute atomic E-state index is 0.103. The maximum atomic E-state index is 13.1. The molecule has 4 N–H and O–H groups in total. The van der Waals surface area contributed by atoms with Crippen molar-refractivity contribution < 1.29 is 13.6 Å². The fourth-order valence-corrected chi connectivity index (χ4v) is 2.31. The number of pyridine rings is 1. The van der Waals surface area contributed by atoms with Crippen LogP contribution in [0.3, 0.4) is 0 Å². The van der Waals surface area contributed by atoms with Crippen LogP contribution in [-0.2, 0) is 0 Å². The van der Waals surface area contributed by atoms with Gasteiger partial charge in [-0.15, -0.1) is 0 Å². The molecule has 1 aromatic heterocycles. The number of hydrogen-bond acceptors (Lipinski definition) is 4. The summed E-state index contributed by atoms with van der Waals surface area (Å²) in [6.07, 6.45) is 2.04. The van der Waals surface area contributed by atoms with Crippen molar-refractivity contribution in [2.75, 3.05) is 5.32 Å². The molecule has 1 aliphatic carbocycles. The molecule has 0 unspecified atom stereocenters. The van der Waals surface area contributed by atoms with Crippen LogP contribution in [0.15, 0.2) is 12.3 Å². The molecule has 5 nitrogen and oxygen atoms in total. The molecule has 0 atom stereocenters. The van der Waals surface area contributed by atoms with E-state index in [4.69, 9.17) is 5.84 Å². The molecule has 110 valence electrons. The lowest BCUT2D eigenvalue weighted by molar-refractivity contribution is -0.0361. The summed E-state index contributed by atoms with van der Waals surface area (Å²) in [4.78, 5) is 15.9. The smallest absolute Gasteiger partial charge is 0.268 e. The van der Waals surface area contributed by atoms with Crippen molar-refractivity contribution in [3.05, 3.63) is 23.4 Å². The summed E-state index contributed by atoms with van der Waals surface area (Å²) in [6, 6.07) is 1.56. The van der Waals surface area contributed by atoms with Crippen molar-refractivity contribution in [3.8, 4) is 0 Å². The minimum Gasteiger partial charge on any atom is -0.367 e. The Labute approximate surface area is 115 Å². The van der Waals surface area contributed by atoms with Gasteiger partial charge in [0, 0.05) is 25.1 Å². The molecule has 1 aromatic rings. The first-order chi connectivity index (χ1) is 9.41. The maximum Gasteiger partial charge on any atom is 0.268 e. The second kappa shape index (κ2) is 5.70. The van der Waals surface area contributed by atoms with E-state index >= 15 is 0 Å². The van der Waals surface area contributed by atoms with Gasteiger partial charge in [0.15, 0.2) is 0 Å². The van der Waals surface area contributed by atoms with Gasteiger partial charge in [-0.1, -0.05) is 0 Å². The minimum atomic E-state index is -2.57. The lowest BCUT2D eigenvalue weighted by atomic mass is 9.92. The van der Waals surface area contributed by atoms with Crippen LogP contribution in [0, 0.1) is 6.92 Å². The van der Waals surface area contributed by atoms with Gasteiger partial charge in [0.1, 0.15) is 5.82 Å². The van der Waals surface area contributed by atoms with Crippen LogP contribution in [0.25, 0.3) is 0 Å². The van der Waals surface area contributed by atoms with Gasteiger partial charge in [0.05, 0.1) is 5.56 Å². The number of alkyl halides is 2. The molecule has 1 aliphatic rings. The number of nitrogens with two attached hydrogens (primary N) is 1. The first kappa shape index (κ1) is 14.6. The third-order valence-corrected chi connectivity index (χ3v) is 3.46. The second-order valence-corrected chi connectivity index (χ2v) is 5.16. The zero-order chi connectivity index (χ0) is 14.8. The highest BCUT2D eigenvalue weighted by Gasteiger charge is 2.35. The summed E-state index contributed by atoms with van der Waals surface area (Å²) in [5.41, 5.74) is 3.21. The average molecular weight is 284 g/mol. The molecular weight excluding hydrogens is 266 g/mol. The van der Waals surface area contributed by atoms with Crippen LogP contribution in [0.4, 0.5) is 14.6 Å². The molecule has 0 saturated heterocycles. The van der Waals surface area contributed by atoms with Gasteiger partial charge in [-0.05, 0) is 31.4 Å². The van der Waals surface area contributed by atoms with E-state index in [2.05, 4.69) is 15.7 Å². The number of nitrogens with one attached hydrogen (secondary N) is 2. The number of hydrogen-bond donors (Lipinski definition) is 3. The number of nitrogen functional groups attached to an aromatic ring is 1. The molecule has 0 spiro atoms. The van der Waals surface area contributed by atoms with Crippen molar-refractivity contribution in [3.63, 3.8) is 0 Å². The maximum absolute atomic E-state index is 13.1. The summed E-state index contributed by atoms with van der Waals surface area (Å²) in [7, 11) is 0. The zero-order valence-corrected chi connectivity index (χ0v) is 11.2. The average Bonchev–Trinajstić information content (AvgIpc) is 2.42. The zero-order valence-electron chi connectivity index (χ0n) is 11.2. The number of aryl methyl sites for hydroxylation is 1. The molecule has 7 heteroatoms. The van der Waals surface area contributed by atoms with Crippen LogP contribution >= 0.6 is 0 Å². The number of amides is 1. The Bertz CT molecular complexity index is 497. The summed E-state index contributed by atoms with van der Waals surface area (Å²) in [5, 5.41) is 3.07. The monoisotopic (exact) mass is 284 g/mol. The SMILES string of the molecule is Cc1cnc(NC2CCC(F)(F)CC2)c(C(=O)NN)c1. The Morgan fingerprint density at radius 1 is 1.45 bits per heavy atom. The Kier molecular flexibility index (Phi) is 4.17. The standard InChI is InChI=1S/C13H18F2N4O/c1-8-6-10(12(20)19-16)11(17-7-8)18-9-2-4-13(14,15)5-3-9/h6-7,9H,2-5,16H2,1H3,(H,17,18)(H,19,20). The van der Waals surface area contributed by atoms with Crippen molar-refractivity contribution in [2.24, 2.45) is 5.84 Å². The van der Waals surface area contributed by atoms with Gasteiger partial charge < -0.3 is 5.32 Å². The van der Waals surface area contributed by atoms with Crippen molar-refractivity contribution in [1.29, 1.82) is 0 Å². The van der Waals surface area contributed by atoms with E-state index in [1.807, 2.05) is 6.92 Å². The number of aromatic nitrogens is 1. The van der Waals surface area contributed by atoms with Gasteiger partial charge >= 0.3 is 0 Å². The van der Waals surface area contributed by atoms with Crippen LogP contribution in [0.1, 0.15) is 41.6 Å². The number of nitrogens with zero attached hydrogens (tertiary/aromatic N) is 1. The fourth-order valence-electron chi connectivity index (χ4n) is 2.31. The van der Waals surface area contributed by atoms with E-state index < -0.39 is 11.8 Å². The lowest BCUT2D eigenvalue weighted by Gasteiger charge is -2.29. The highest BCUT2D eigenvalue weighted by molar-refractivity contribution is 5.98. The molecular formula is C13H18F2N4O. The van der Waals surface area contributed by atoms with Crippen molar-refractivity contribution in [2.45, 2.75) is 44.6 Å². The molecule has 0 bridgehead atoms. The largest absolute Gasteiger partial charge is 0.367 e. The predicted octanol–water partition coefficient (Wildman–Crippen LogP) is 1.98. The Hall–Kier alpha value is -1.76. The van der Waals surface area contributed by atoms with Gasteiger partial charge in [-0.25, -0.2) is 19.6 Å². The number of anilines is 1. The van der Waals surface area contributed by atoms with E-state index in [9.17, 15) is 13.6 Å². The van der Waals surface area contributed by atoms with E-state index in [0.29, 0.717) is 24.2 Å². The molecule has 1 heterocycles. The molecule has 0 aromatic carbocycles. The Balaban J connectivity index is 2.11. The molecule has 2 rings (SSSR count). The number of rotatable bonds is 3. The summed E-state index contributed by atoms with van der Waals surface area (Å²) < 4.78 is 26.2. The summed E-state index contributed by atoms with van der Waals surface area (Å²) in [5.74, 6) is 2.49. The number of carbonyl (C=O) groups excluding carboxylic acids is 1. The van der Waals surface area contributed by atoms with Crippen molar-refractivity contribution >= 4 is 11.7 Å². The highest BCUT2D eigenvalue weighted by Crippen LogP contribution is 2.34. The predicted molar refractivity (Wildman–Crippen MR) is 71.5 cm³/mol. The molecule has 1 saturated carbocycles. The first-order valence-corrected chi connectivity index (χ1v) is 6.53. The summed E-state index contributed by atoms with van der Waals surface area (Å²) in [6.45, 7) is 1.81. The molecule has 20 heavy (non-hydrogen) atoms. The molecule has 0 radical (unpaired) electrons. The van der Waals surface area contributed by atoms with Gasteiger partial charge in [0.25, 0.3) is 5.91 Å². The third kappa shape index (κ3) is 3.41. The van der Waals surface area contributed by atoms with E-state index in [0.717, 1.165) is 5.56 Å². The van der Waals surface area contributed by atoms with E-state index in [1.165, 1.54) is 0 Å². The molecule has 1 amide bonds. The fraction of sp³-hybridized carbons (Fsp3) is 0.538. The van der Waals surface area contributed by atoms with E-state index in [-0.39, 0.29) is 18.9 Å². The van der Waals surface area contributed by atoms with Gasteiger partial charge in [-0.3, -0.25) is 10.2 Å². The Morgan fingerprint density at radius 3 is 2.70 bits per heavy atom. The van der Waals surface area contributed by atoms with Crippen LogP contribution in [0.2, 0.25) is 0 Å². The molecule has 1 fully saturated rings. The Morgan fingerprint density at radius 2 is 2.10 bits per heavy atom. The van der Waals surface area contributed by atoms with Crippen LogP contribution in [0.5, 0.6) is 0 Å². The van der Waals surface area contributed by atoms with Crippen LogP contribution in [-0.4, -0.2) is 22.9 Å². The lowest BCUT2D eigenvalue weighted by Crippen LogP contribution is -2.34. The normalized spacial score (nSPS) is 18.6. The van der Waals surface area contributed by atoms with Crippen molar-refractivity contribution in [1.82, 2.24) is 10.4 Å². The number of hydrazine groups is 1. The highest BCUT2D eigenvalue weighted by atomic mass is 19.3. The third-order valence-electron chi connectivity index (χ3n) is 3.46. The second-order valence-electron chi connectivity index (χ2n) is 5.16. The first-order valence-electron chi connectivity index (χ1n) is 6.53. The quantitative estimate of drug-likeness (QED) is 0.450. The topological polar surface area (TPSA) is 80.0 Å². The van der Waals surface area contributed by atoms with E-state index in [1.54, 1.807) is 12.3 Å². The van der Waals surface area contributed by atoms with Crippen LogP contribution < -0.4 is 16.6 Å². The van der Waals surface area contributed by atoms with Gasteiger partial charge in [0.2, 0.25) is 5.92 Å². The number of halogens is 2.